The first-order valence-corrected chi connectivity index (χ1v) is 8.73. The summed E-state index contributed by atoms with van der Waals surface area (Å²) in [6.07, 6.45) is 1.93. The van der Waals surface area contributed by atoms with E-state index >= 15 is 0 Å². The van der Waals surface area contributed by atoms with Gasteiger partial charge in [-0.3, -0.25) is 0 Å². The summed E-state index contributed by atoms with van der Waals surface area (Å²) in [5.41, 5.74) is 2.09. The Morgan fingerprint density at radius 2 is 1.83 bits per heavy atom. The molecule has 1 aromatic heterocycles. The molecule has 0 radical (unpaired) electrons. The summed E-state index contributed by atoms with van der Waals surface area (Å²) in [6.45, 7) is 1.90. The van der Waals surface area contributed by atoms with Crippen LogP contribution in [-0.2, 0) is 11.3 Å². The molecule has 2 aromatic carbocycles. The highest BCUT2D eigenvalue weighted by Gasteiger charge is 2.16. The van der Waals surface area contributed by atoms with E-state index < -0.39 is 0 Å². The van der Waals surface area contributed by atoms with E-state index in [-0.39, 0.29) is 12.6 Å². The van der Waals surface area contributed by atoms with Gasteiger partial charge in [0.05, 0.1) is 5.56 Å². The van der Waals surface area contributed by atoms with Crippen molar-refractivity contribution >= 4 is 17.7 Å². The van der Waals surface area contributed by atoms with Gasteiger partial charge >= 0.3 is 5.97 Å². The zero-order valence-electron chi connectivity index (χ0n) is 13.5. The summed E-state index contributed by atoms with van der Waals surface area (Å²) in [5, 5.41) is 0. The number of thioether (sulfide) groups is 1. The van der Waals surface area contributed by atoms with Crippen molar-refractivity contribution in [1.82, 2.24) is 4.98 Å². The lowest BCUT2D eigenvalue weighted by Crippen LogP contribution is -2.07. The minimum absolute atomic E-state index is 0.0870. The van der Waals surface area contributed by atoms with Crippen LogP contribution in [0.1, 0.15) is 21.8 Å². The minimum atomic E-state index is -0.358. The molecule has 0 fully saturated rings. The molecule has 0 spiro atoms. The Hall–Kier alpha value is -2.53. The number of hydrogen-bond acceptors (Lipinski definition) is 5. The first-order valence-electron chi connectivity index (χ1n) is 7.51. The Bertz CT molecular complexity index is 843. The third kappa shape index (κ3) is 3.51. The smallest absolute Gasteiger partial charge is 0.339 e. The molecule has 3 rings (SSSR count). The van der Waals surface area contributed by atoms with Crippen LogP contribution in [0.2, 0.25) is 0 Å². The fourth-order valence-electron chi connectivity index (χ4n) is 2.29. The third-order valence-corrected chi connectivity index (χ3v) is 4.38. The van der Waals surface area contributed by atoms with Crippen LogP contribution in [0.5, 0.6) is 0 Å². The highest BCUT2D eigenvalue weighted by atomic mass is 32.2. The van der Waals surface area contributed by atoms with Crippen LogP contribution in [0.4, 0.5) is 0 Å². The van der Waals surface area contributed by atoms with Gasteiger partial charge in [-0.1, -0.05) is 30.3 Å². The van der Waals surface area contributed by atoms with Gasteiger partial charge in [-0.25, -0.2) is 9.78 Å². The SMILES string of the molecule is CSc1ccccc1C(=O)OCc1nc(-c2ccccc2)oc1C. The Morgan fingerprint density at radius 3 is 2.58 bits per heavy atom. The zero-order chi connectivity index (χ0) is 16.9. The average molecular weight is 339 g/mol. The second-order valence-corrected chi connectivity index (χ2v) is 6.01. The van der Waals surface area contributed by atoms with Crippen LogP contribution < -0.4 is 0 Å². The highest BCUT2D eigenvalue weighted by Crippen LogP contribution is 2.23. The van der Waals surface area contributed by atoms with Gasteiger partial charge in [0.1, 0.15) is 18.1 Å². The lowest BCUT2D eigenvalue weighted by molar-refractivity contribution is 0.0463. The Kier molecular flexibility index (Phi) is 5.01. The Morgan fingerprint density at radius 1 is 1.12 bits per heavy atom. The third-order valence-electron chi connectivity index (χ3n) is 3.58. The molecule has 0 saturated heterocycles. The predicted molar refractivity (Wildman–Crippen MR) is 94.0 cm³/mol. The first kappa shape index (κ1) is 16.3. The van der Waals surface area contributed by atoms with Gasteiger partial charge < -0.3 is 9.15 Å². The maximum atomic E-state index is 12.3. The number of aryl methyl sites for hydroxylation is 1. The topological polar surface area (TPSA) is 52.3 Å². The van der Waals surface area contributed by atoms with E-state index in [2.05, 4.69) is 4.98 Å². The normalized spacial score (nSPS) is 10.6. The number of carbonyl (C=O) groups is 1. The lowest BCUT2D eigenvalue weighted by Gasteiger charge is -2.06. The van der Waals surface area contributed by atoms with Gasteiger partial charge in [0, 0.05) is 10.5 Å². The van der Waals surface area contributed by atoms with Crippen molar-refractivity contribution in [3.8, 4) is 11.5 Å². The summed E-state index contributed by atoms with van der Waals surface area (Å²) in [6, 6.07) is 17.0. The first-order chi connectivity index (χ1) is 11.7. The molecule has 24 heavy (non-hydrogen) atoms. The van der Waals surface area contributed by atoms with E-state index in [4.69, 9.17) is 9.15 Å². The monoisotopic (exact) mass is 339 g/mol. The van der Waals surface area contributed by atoms with Crippen molar-refractivity contribution in [2.24, 2.45) is 0 Å². The van der Waals surface area contributed by atoms with Crippen LogP contribution >= 0.6 is 11.8 Å². The molecule has 0 amide bonds. The molecule has 0 saturated carbocycles. The Labute approximate surface area is 144 Å². The summed E-state index contributed by atoms with van der Waals surface area (Å²) >= 11 is 1.51. The largest absolute Gasteiger partial charge is 0.455 e. The van der Waals surface area contributed by atoms with Crippen molar-refractivity contribution in [2.45, 2.75) is 18.4 Å². The van der Waals surface area contributed by atoms with E-state index in [9.17, 15) is 4.79 Å². The number of hydrogen-bond donors (Lipinski definition) is 0. The van der Waals surface area contributed by atoms with Crippen LogP contribution in [0.25, 0.3) is 11.5 Å². The predicted octanol–water partition coefficient (Wildman–Crippen LogP) is 4.73. The summed E-state index contributed by atoms with van der Waals surface area (Å²) in [4.78, 5) is 17.6. The molecule has 0 aliphatic heterocycles. The number of benzene rings is 2. The molecular formula is C19H17NO3S. The lowest BCUT2D eigenvalue weighted by atomic mass is 10.2. The van der Waals surface area contributed by atoms with Crippen molar-refractivity contribution in [3.63, 3.8) is 0 Å². The fourth-order valence-corrected chi connectivity index (χ4v) is 2.88. The maximum absolute atomic E-state index is 12.3. The summed E-state index contributed by atoms with van der Waals surface area (Å²) in [7, 11) is 0. The van der Waals surface area contributed by atoms with Crippen LogP contribution in [-0.4, -0.2) is 17.2 Å². The molecule has 0 aliphatic carbocycles. The van der Waals surface area contributed by atoms with Gasteiger partial charge in [-0.15, -0.1) is 11.8 Å². The van der Waals surface area contributed by atoms with E-state index in [1.165, 1.54) is 11.8 Å². The van der Waals surface area contributed by atoms with Gasteiger partial charge in [0.15, 0.2) is 0 Å². The molecule has 3 aromatic rings. The van der Waals surface area contributed by atoms with Crippen LogP contribution in [0, 0.1) is 6.92 Å². The van der Waals surface area contributed by atoms with Crippen molar-refractivity contribution < 1.29 is 13.9 Å². The van der Waals surface area contributed by atoms with Gasteiger partial charge in [-0.05, 0) is 37.4 Å². The van der Waals surface area contributed by atoms with E-state index in [0.29, 0.717) is 22.9 Å². The van der Waals surface area contributed by atoms with Crippen molar-refractivity contribution in [2.75, 3.05) is 6.26 Å². The number of aromatic nitrogens is 1. The number of esters is 1. The quantitative estimate of drug-likeness (QED) is 0.497. The number of nitrogens with zero attached hydrogens (tertiary/aromatic N) is 1. The van der Waals surface area contributed by atoms with Gasteiger partial charge in [0.25, 0.3) is 0 Å². The molecule has 4 nitrogen and oxygen atoms in total. The molecular weight excluding hydrogens is 322 g/mol. The number of rotatable bonds is 5. The number of ether oxygens (including phenoxy) is 1. The van der Waals surface area contributed by atoms with Crippen LogP contribution in [0.3, 0.4) is 0 Å². The van der Waals surface area contributed by atoms with E-state index in [1.54, 1.807) is 6.07 Å². The molecule has 0 aliphatic rings. The van der Waals surface area contributed by atoms with Gasteiger partial charge in [0.2, 0.25) is 5.89 Å². The molecule has 122 valence electrons. The summed E-state index contributed by atoms with van der Waals surface area (Å²) in [5.74, 6) is 0.826. The second-order valence-electron chi connectivity index (χ2n) is 5.16. The molecule has 1 heterocycles. The summed E-state index contributed by atoms with van der Waals surface area (Å²) < 4.78 is 11.1. The zero-order valence-corrected chi connectivity index (χ0v) is 14.3. The number of oxazole rings is 1. The van der Waals surface area contributed by atoms with Crippen molar-refractivity contribution in [3.05, 3.63) is 71.6 Å². The maximum Gasteiger partial charge on any atom is 0.339 e. The standard InChI is InChI=1S/C19H17NO3S/c1-13-16(20-18(23-13)14-8-4-3-5-9-14)12-22-19(21)15-10-6-7-11-17(15)24-2/h3-11H,12H2,1-2H3. The Balaban J connectivity index is 1.73. The second kappa shape index (κ2) is 7.36. The minimum Gasteiger partial charge on any atom is -0.455 e. The fraction of sp³-hybridized carbons (Fsp3) is 0.158. The molecule has 0 bridgehead atoms. The van der Waals surface area contributed by atoms with E-state index in [1.807, 2.05) is 61.7 Å². The average Bonchev–Trinajstić information content (AvgIpc) is 3.01. The molecule has 0 N–H and O–H groups in total. The van der Waals surface area contributed by atoms with Gasteiger partial charge in [-0.2, -0.15) is 0 Å². The molecule has 0 atom stereocenters. The van der Waals surface area contributed by atoms with Crippen LogP contribution in [0.15, 0.2) is 63.9 Å². The highest BCUT2D eigenvalue weighted by molar-refractivity contribution is 7.98. The molecule has 5 heteroatoms. The van der Waals surface area contributed by atoms with Crippen molar-refractivity contribution in [1.29, 1.82) is 0 Å². The molecule has 0 unspecified atom stereocenters. The van der Waals surface area contributed by atoms with E-state index in [0.717, 1.165) is 10.5 Å². The number of carbonyl (C=O) groups excluding carboxylic acids is 1.